The van der Waals surface area contributed by atoms with Gasteiger partial charge >= 0.3 is 15.0 Å². The maximum Gasteiger partial charge on any atom is 0.373 e. The number of anilines is 1. The molecule has 27 heavy (non-hydrogen) atoms. The number of halogens is 1. The molecule has 4 aromatic rings. The Morgan fingerprint density at radius 2 is 1.96 bits per heavy atom. The van der Waals surface area contributed by atoms with Crippen molar-refractivity contribution in [1.29, 1.82) is 0 Å². The van der Waals surface area contributed by atoms with Gasteiger partial charge in [-0.15, -0.1) is 0 Å². The lowest BCUT2D eigenvalue weighted by molar-refractivity contribution is -0.706. The largest absolute Gasteiger partial charge is 0.538 e. The maximum atomic E-state index is 12.8. The molecular weight excluding hydrogens is 412 g/mol. The second-order valence-corrected chi connectivity index (χ2v) is 8.71. The summed E-state index contributed by atoms with van der Waals surface area (Å²) in [5.41, 5.74) is 1.94. The van der Waals surface area contributed by atoms with E-state index in [1.54, 1.807) is 42.5 Å². The van der Waals surface area contributed by atoms with Crippen LogP contribution >= 0.6 is 22.9 Å². The highest BCUT2D eigenvalue weighted by molar-refractivity contribution is 7.92. The molecule has 0 amide bonds. The first-order chi connectivity index (χ1) is 12.8. The lowest BCUT2D eigenvalue weighted by Gasteiger charge is -2.02. The van der Waals surface area contributed by atoms with Crippen LogP contribution in [0.5, 0.6) is 5.95 Å². The zero-order valence-electron chi connectivity index (χ0n) is 13.7. The lowest BCUT2D eigenvalue weighted by atomic mass is 10.2. The van der Waals surface area contributed by atoms with Crippen molar-refractivity contribution in [3.8, 4) is 11.6 Å². The molecule has 11 heteroatoms. The Bertz CT molecular complexity index is 1250. The topological polar surface area (TPSA) is 112 Å². The molecular formula is C16H11ClN4O4S2. The highest BCUT2D eigenvalue weighted by atomic mass is 35.5. The number of rotatable bonds is 4. The second-order valence-electron chi connectivity index (χ2n) is 5.65. The van der Waals surface area contributed by atoms with Gasteiger partial charge in [-0.05, 0) is 29.8 Å². The number of nitrogens with zero attached hydrogens (tertiary/aromatic N) is 3. The van der Waals surface area contributed by atoms with Gasteiger partial charge in [0.25, 0.3) is 0 Å². The van der Waals surface area contributed by atoms with Crippen LogP contribution in [0.4, 0.5) is 5.13 Å². The van der Waals surface area contributed by atoms with Crippen molar-refractivity contribution < 1.29 is 22.7 Å². The molecule has 0 radical (unpaired) electrons. The fourth-order valence-corrected chi connectivity index (χ4v) is 4.90. The number of nitrogens with one attached hydrogen (secondary N) is 1. The average molecular weight is 423 g/mol. The number of hydrogen-bond acceptors (Lipinski definition) is 7. The highest BCUT2D eigenvalue weighted by Crippen LogP contribution is 2.30. The number of aryl methyl sites for hydroxylation is 1. The van der Waals surface area contributed by atoms with Crippen molar-refractivity contribution in [1.82, 2.24) is 10.3 Å². The Balaban J connectivity index is 1.75. The number of sulfonamides is 1. The molecule has 0 saturated heterocycles. The number of thiazole rings is 1. The van der Waals surface area contributed by atoms with Gasteiger partial charge in [0.2, 0.25) is 5.69 Å². The minimum Gasteiger partial charge on any atom is -0.538 e. The summed E-state index contributed by atoms with van der Waals surface area (Å²) in [5, 5.41) is 15.6. The number of fused-ring (bicyclic) bond motifs is 1. The second kappa shape index (κ2) is 6.48. The van der Waals surface area contributed by atoms with Crippen LogP contribution in [-0.4, -0.2) is 18.7 Å². The van der Waals surface area contributed by atoms with E-state index in [2.05, 4.69) is 19.5 Å². The fourth-order valence-electron chi connectivity index (χ4n) is 2.42. The van der Waals surface area contributed by atoms with Gasteiger partial charge in [0.15, 0.2) is 11.1 Å². The molecule has 0 saturated carbocycles. The summed E-state index contributed by atoms with van der Waals surface area (Å²) >= 11 is 7.03. The molecule has 0 aliphatic heterocycles. The monoisotopic (exact) mass is 422 g/mol. The SMILES string of the molecule is Cc1ccc(-[n+]2noc([O-])c2S(=O)(=O)Nc2nc3ccc(Cl)cc3s2)cc1. The average Bonchev–Trinajstić information content (AvgIpc) is 3.18. The third-order valence-electron chi connectivity index (χ3n) is 3.68. The van der Waals surface area contributed by atoms with Crippen molar-refractivity contribution in [2.75, 3.05) is 4.72 Å². The summed E-state index contributed by atoms with van der Waals surface area (Å²) in [7, 11) is -4.29. The van der Waals surface area contributed by atoms with Gasteiger partial charge in [-0.3, -0.25) is 0 Å². The van der Waals surface area contributed by atoms with Crippen LogP contribution in [0.1, 0.15) is 5.56 Å². The predicted molar refractivity (Wildman–Crippen MR) is 97.7 cm³/mol. The number of aromatic nitrogens is 3. The molecule has 8 nitrogen and oxygen atoms in total. The smallest absolute Gasteiger partial charge is 0.373 e. The van der Waals surface area contributed by atoms with Gasteiger partial charge < -0.3 is 9.63 Å². The molecule has 0 atom stereocenters. The molecule has 0 aliphatic carbocycles. The molecule has 2 aromatic carbocycles. The summed E-state index contributed by atoms with van der Waals surface area (Å²) in [4.78, 5) is 4.20. The Morgan fingerprint density at radius 3 is 2.70 bits per heavy atom. The molecule has 138 valence electrons. The van der Waals surface area contributed by atoms with E-state index in [4.69, 9.17) is 11.6 Å². The first kappa shape index (κ1) is 17.7. The minimum atomic E-state index is -4.29. The first-order valence-corrected chi connectivity index (χ1v) is 10.3. The van der Waals surface area contributed by atoms with Crippen molar-refractivity contribution >= 4 is 48.3 Å². The van der Waals surface area contributed by atoms with E-state index < -0.39 is 21.0 Å². The highest BCUT2D eigenvalue weighted by Gasteiger charge is 2.34. The molecule has 2 heterocycles. The molecule has 0 fully saturated rings. The summed E-state index contributed by atoms with van der Waals surface area (Å²) in [6.45, 7) is 1.88. The van der Waals surface area contributed by atoms with Crippen LogP contribution in [0.3, 0.4) is 0 Å². The Hall–Kier alpha value is -2.69. The van der Waals surface area contributed by atoms with Crippen molar-refractivity contribution in [2.24, 2.45) is 0 Å². The van der Waals surface area contributed by atoms with Gasteiger partial charge in [-0.1, -0.05) is 40.6 Å². The molecule has 0 spiro atoms. The van der Waals surface area contributed by atoms with Crippen LogP contribution in [0.25, 0.3) is 15.9 Å². The molecule has 0 aliphatic rings. The van der Waals surface area contributed by atoms with Crippen LogP contribution in [0.2, 0.25) is 5.02 Å². The van der Waals surface area contributed by atoms with Crippen LogP contribution in [-0.2, 0) is 10.0 Å². The summed E-state index contributed by atoms with van der Waals surface area (Å²) < 4.78 is 34.1. The molecule has 4 rings (SSSR count). The van der Waals surface area contributed by atoms with E-state index in [0.717, 1.165) is 21.6 Å². The van der Waals surface area contributed by atoms with Crippen LogP contribution in [0, 0.1) is 6.92 Å². The molecule has 1 N–H and O–H groups in total. The number of benzene rings is 2. The zero-order chi connectivity index (χ0) is 19.2. The number of hydrogen-bond donors (Lipinski definition) is 1. The van der Waals surface area contributed by atoms with Crippen molar-refractivity contribution in [3.05, 3.63) is 53.1 Å². The maximum absolute atomic E-state index is 12.8. The molecule has 0 bridgehead atoms. The van der Waals surface area contributed by atoms with Crippen molar-refractivity contribution in [2.45, 2.75) is 11.9 Å². The first-order valence-electron chi connectivity index (χ1n) is 7.58. The summed E-state index contributed by atoms with van der Waals surface area (Å²) in [6, 6.07) is 11.8. The molecule has 0 unspecified atom stereocenters. The van der Waals surface area contributed by atoms with Gasteiger partial charge in [-0.25, -0.2) is 9.71 Å². The lowest BCUT2D eigenvalue weighted by Crippen LogP contribution is -2.40. The standard InChI is InChI=1S/C16H11ClN4O4S2/c1-9-2-5-11(6-3-9)21-14(15(22)25-20-21)27(23,24)19-16-18-12-7-4-10(17)8-13(12)26-16/h2-8H,1H3,(H-,18,19,20,22). The van der Waals surface area contributed by atoms with Gasteiger partial charge in [0, 0.05) is 17.2 Å². The van der Waals surface area contributed by atoms with E-state index in [0.29, 0.717) is 20.9 Å². The Labute approximate surface area is 162 Å². The minimum absolute atomic E-state index is 0.100. The quantitative estimate of drug-likeness (QED) is 0.505. The van der Waals surface area contributed by atoms with E-state index >= 15 is 0 Å². The summed E-state index contributed by atoms with van der Waals surface area (Å²) in [5.74, 6) is -1.08. The van der Waals surface area contributed by atoms with Crippen LogP contribution < -0.4 is 14.5 Å². The fraction of sp³-hybridized carbons (Fsp3) is 0.0625. The third-order valence-corrected chi connectivity index (χ3v) is 6.29. The molecule has 2 aromatic heterocycles. The van der Waals surface area contributed by atoms with Crippen LogP contribution in [0.15, 0.2) is 52.0 Å². The van der Waals surface area contributed by atoms with E-state index in [9.17, 15) is 13.5 Å². The predicted octanol–water partition coefficient (Wildman–Crippen LogP) is 2.40. The normalized spacial score (nSPS) is 11.8. The Morgan fingerprint density at radius 1 is 1.22 bits per heavy atom. The van der Waals surface area contributed by atoms with Gasteiger partial charge in [0.1, 0.15) is 0 Å². The summed E-state index contributed by atoms with van der Waals surface area (Å²) in [6.07, 6.45) is 0. The van der Waals surface area contributed by atoms with Gasteiger partial charge in [-0.2, -0.15) is 8.42 Å². The third kappa shape index (κ3) is 3.34. The zero-order valence-corrected chi connectivity index (χ0v) is 16.1. The van der Waals surface area contributed by atoms with E-state index in [1.807, 2.05) is 6.92 Å². The van der Waals surface area contributed by atoms with Crippen molar-refractivity contribution in [3.63, 3.8) is 0 Å². The van der Waals surface area contributed by atoms with E-state index in [1.165, 1.54) is 0 Å². The van der Waals surface area contributed by atoms with Gasteiger partial charge in [0.05, 0.1) is 15.5 Å². The Kier molecular flexibility index (Phi) is 4.25. The van der Waals surface area contributed by atoms with E-state index in [-0.39, 0.29) is 5.13 Å².